The van der Waals surface area contributed by atoms with Gasteiger partial charge in [-0.25, -0.2) is 0 Å². The van der Waals surface area contributed by atoms with Crippen molar-refractivity contribution in [2.75, 3.05) is 14.2 Å². The molecule has 2 atom stereocenters. The van der Waals surface area contributed by atoms with E-state index in [1.807, 2.05) is 62.4 Å². The van der Waals surface area contributed by atoms with Crippen molar-refractivity contribution in [1.29, 1.82) is 0 Å². The van der Waals surface area contributed by atoms with Crippen LogP contribution < -0.4 is 9.47 Å². The van der Waals surface area contributed by atoms with Crippen molar-refractivity contribution in [3.63, 3.8) is 0 Å². The predicted molar refractivity (Wildman–Crippen MR) is 115 cm³/mol. The highest BCUT2D eigenvalue weighted by molar-refractivity contribution is 5.97. The van der Waals surface area contributed by atoms with E-state index in [-0.39, 0.29) is 17.7 Å². The van der Waals surface area contributed by atoms with Gasteiger partial charge < -0.3 is 19.3 Å². The Morgan fingerprint density at radius 3 is 1.60 bits per heavy atom. The van der Waals surface area contributed by atoms with Gasteiger partial charge in [-0.05, 0) is 48.2 Å². The maximum atomic E-state index is 13.4. The number of hydrogen-bond donors (Lipinski definition) is 0. The van der Waals surface area contributed by atoms with E-state index >= 15 is 0 Å². The Hall–Kier alpha value is -3.02. The summed E-state index contributed by atoms with van der Waals surface area (Å²) < 4.78 is 10.4. The molecule has 6 heteroatoms. The van der Waals surface area contributed by atoms with Crippen LogP contribution in [0.15, 0.2) is 48.5 Å². The number of rotatable bonds is 7. The van der Waals surface area contributed by atoms with E-state index in [0.29, 0.717) is 13.1 Å². The Balaban J connectivity index is 1.83. The number of amides is 2. The first-order chi connectivity index (χ1) is 14.3. The quantitative estimate of drug-likeness (QED) is 0.701. The van der Waals surface area contributed by atoms with Crippen molar-refractivity contribution in [2.24, 2.45) is 5.92 Å². The molecule has 2 amide bonds. The Bertz CT molecular complexity index is 877. The number of carbonyl (C=O) groups is 2. The van der Waals surface area contributed by atoms with Crippen LogP contribution in [0, 0.1) is 5.92 Å². The van der Waals surface area contributed by atoms with Crippen LogP contribution in [0.25, 0.3) is 0 Å². The molecule has 0 radical (unpaired) electrons. The number of nitrogens with zero attached hydrogens (tertiary/aromatic N) is 2. The van der Waals surface area contributed by atoms with Gasteiger partial charge in [-0.2, -0.15) is 0 Å². The number of methoxy groups -OCH3 is 2. The van der Waals surface area contributed by atoms with Crippen molar-refractivity contribution in [2.45, 2.75) is 45.9 Å². The van der Waals surface area contributed by atoms with Gasteiger partial charge in [0, 0.05) is 13.1 Å². The van der Waals surface area contributed by atoms with E-state index in [1.165, 1.54) is 0 Å². The molecule has 1 saturated heterocycles. The smallest absolute Gasteiger partial charge is 0.246 e. The van der Waals surface area contributed by atoms with Crippen LogP contribution in [0.1, 0.15) is 31.9 Å². The second-order valence-electron chi connectivity index (χ2n) is 7.99. The highest BCUT2D eigenvalue weighted by Crippen LogP contribution is 2.27. The average Bonchev–Trinajstić information content (AvgIpc) is 2.75. The molecule has 3 rings (SSSR count). The van der Waals surface area contributed by atoms with E-state index in [9.17, 15) is 9.59 Å². The lowest BCUT2D eigenvalue weighted by Crippen LogP contribution is -2.64. The Kier molecular flexibility index (Phi) is 6.65. The lowest BCUT2D eigenvalue weighted by molar-refractivity contribution is -0.164. The van der Waals surface area contributed by atoms with Gasteiger partial charge in [0.05, 0.1) is 14.2 Å². The molecule has 30 heavy (non-hydrogen) atoms. The van der Waals surface area contributed by atoms with Gasteiger partial charge in [-0.1, -0.05) is 38.1 Å². The molecule has 1 heterocycles. The molecule has 0 aromatic heterocycles. The van der Waals surface area contributed by atoms with Gasteiger partial charge >= 0.3 is 0 Å². The highest BCUT2D eigenvalue weighted by atomic mass is 16.5. The van der Waals surface area contributed by atoms with Gasteiger partial charge in [0.15, 0.2) is 0 Å². The van der Waals surface area contributed by atoms with Crippen molar-refractivity contribution in [3.8, 4) is 11.5 Å². The summed E-state index contributed by atoms with van der Waals surface area (Å²) >= 11 is 0. The Morgan fingerprint density at radius 1 is 0.767 bits per heavy atom. The SMILES string of the molecule is COc1ccc(CN2C(=O)[C@H](C(C)C)N(Cc3ccc(OC)cc3)C(=O)[C@H]2C)cc1. The maximum absolute atomic E-state index is 13.4. The minimum absolute atomic E-state index is 0.00515. The third-order valence-corrected chi connectivity index (χ3v) is 5.64. The Labute approximate surface area is 178 Å². The largest absolute Gasteiger partial charge is 0.497 e. The third kappa shape index (κ3) is 4.42. The van der Waals surface area contributed by atoms with Crippen LogP contribution in [0.4, 0.5) is 0 Å². The molecule has 1 aliphatic heterocycles. The minimum atomic E-state index is -0.521. The number of hydrogen-bond acceptors (Lipinski definition) is 4. The van der Waals surface area contributed by atoms with E-state index in [2.05, 4.69) is 0 Å². The van der Waals surface area contributed by atoms with E-state index < -0.39 is 12.1 Å². The molecule has 160 valence electrons. The number of benzene rings is 2. The summed E-state index contributed by atoms with van der Waals surface area (Å²) in [6.45, 7) is 6.58. The fraction of sp³-hybridized carbons (Fsp3) is 0.417. The monoisotopic (exact) mass is 410 g/mol. The van der Waals surface area contributed by atoms with Crippen LogP contribution in [-0.4, -0.2) is 47.9 Å². The molecule has 0 aliphatic carbocycles. The molecule has 6 nitrogen and oxygen atoms in total. The molecular formula is C24H30N2O4. The molecule has 0 bridgehead atoms. The summed E-state index contributed by atoms with van der Waals surface area (Å²) in [4.78, 5) is 30.2. The summed E-state index contributed by atoms with van der Waals surface area (Å²) in [6.07, 6.45) is 0. The topological polar surface area (TPSA) is 59.1 Å². The van der Waals surface area contributed by atoms with Crippen LogP contribution in [0.5, 0.6) is 11.5 Å². The third-order valence-electron chi connectivity index (χ3n) is 5.64. The lowest BCUT2D eigenvalue weighted by Gasteiger charge is -2.45. The first kappa shape index (κ1) is 21.7. The second-order valence-corrected chi connectivity index (χ2v) is 7.99. The summed E-state index contributed by atoms with van der Waals surface area (Å²) in [5.41, 5.74) is 1.94. The van der Waals surface area contributed by atoms with Crippen LogP contribution in [0.3, 0.4) is 0 Å². The van der Waals surface area contributed by atoms with Crippen molar-refractivity contribution in [1.82, 2.24) is 9.80 Å². The van der Waals surface area contributed by atoms with Gasteiger partial charge in [-0.3, -0.25) is 9.59 Å². The summed E-state index contributed by atoms with van der Waals surface area (Å²) in [7, 11) is 3.24. The maximum Gasteiger partial charge on any atom is 0.246 e. The van der Waals surface area contributed by atoms with Gasteiger partial charge in [0.2, 0.25) is 11.8 Å². The van der Waals surface area contributed by atoms with Crippen molar-refractivity contribution < 1.29 is 19.1 Å². The summed E-state index contributed by atoms with van der Waals surface area (Å²) in [5, 5.41) is 0. The minimum Gasteiger partial charge on any atom is -0.497 e. The molecule has 1 aliphatic rings. The fourth-order valence-corrected chi connectivity index (χ4v) is 3.90. The van der Waals surface area contributed by atoms with Crippen LogP contribution >= 0.6 is 0 Å². The summed E-state index contributed by atoms with van der Waals surface area (Å²) in [6, 6.07) is 14.2. The van der Waals surface area contributed by atoms with Gasteiger partial charge in [0.25, 0.3) is 0 Å². The molecular weight excluding hydrogens is 380 g/mol. The lowest BCUT2D eigenvalue weighted by atomic mass is 9.94. The number of carbonyl (C=O) groups excluding carboxylic acids is 2. The molecule has 2 aromatic rings. The van der Waals surface area contributed by atoms with Gasteiger partial charge in [-0.15, -0.1) is 0 Å². The molecule has 1 fully saturated rings. The van der Waals surface area contributed by atoms with Crippen molar-refractivity contribution in [3.05, 3.63) is 59.7 Å². The van der Waals surface area contributed by atoms with Gasteiger partial charge in [0.1, 0.15) is 23.6 Å². The van der Waals surface area contributed by atoms with E-state index in [4.69, 9.17) is 9.47 Å². The van der Waals surface area contributed by atoms with Crippen LogP contribution in [-0.2, 0) is 22.7 Å². The zero-order chi connectivity index (χ0) is 21.8. The standard InChI is InChI=1S/C24H30N2O4/c1-16(2)22-24(28)25(14-18-6-10-20(29-4)11-7-18)17(3)23(27)26(22)15-19-8-12-21(30-5)13-9-19/h6-13,16-17,22H,14-15H2,1-5H3/t17-,22+/m1/s1. The highest BCUT2D eigenvalue weighted by Gasteiger charge is 2.45. The average molecular weight is 411 g/mol. The predicted octanol–water partition coefficient (Wildman–Crippen LogP) is 3.49. The molecule has 0 N–H and O–H groups in total. The summed E-state index contributed by atoms with van der Waals surface area (Å²) in [5.74, 6) is 1.49. The zero-order valence-electron chi connectivity index (χ0n) is 18.3. The first-order valence-electron chi connectivity index (χ1n) is 10.2. The van der Waals surface area contributed by atoms with E-state index in [1.54, 1.807) is 30.9 Å². The number of piperazine rings is 1. The zero-order valence-corrected chi connectivity index (χ0v) is 18.3. The fourth-order valence-electron chi connectivity index (χ4n) is 3.90. The van der Waals surface area contributed by atoms with E-state index in [0.717, 1.165) is 22.6 Å². The normalized spacial score (nSPS) is 19.4. The molecule has 0 saturated carbocycles. The molecule has 0 spiro atoms. The molecule has 2 aromatic carbocycles. The second kappa shape index (κ2) is 9.20. The van der Waals surface area contributed by atoms with Crippen LogP contribution in [0.2, 0.25) is 0 Å². The number of ether oxygens (including phenoxy) is 2. The van der Waals surface area contributed by atoms with Crippen molar-refractivity contribution >= 4 is 11.8 Å². The Morgan fingerprint density at radius 2 is 1.20 bits per heavy atom. The first-order valence-corrected chi connectivity index (χ1v) is 10.2. The molecule has 0 unspecified atom stereocenters.